The lowest BCUT2D eigenvalue weighted by atomic mass is 10.00. The monoisotopic (exact) mass is 440 g/mol. The molecule has 1 fully saturated rings. The van der Waals surface area contributed by atoms with E-state index in [1.54, 1.807) is 25.2 Å². The number of nitrogens with zero attached hydrogens (tertiary/aromatic N) is 3. The van der Waals surface area contributed by atoms with Crippen LogP contribution in [-0.2, 0) is 16.0 Å². The van der Waals surface area contributed by atoms with Crippen LogP contribution in [0.5, 0.6) is 0 Å². The normalized spacial score (nSPS) is 19.0. The van der Waals surface area contributed by atoms with Gasteiger partial charge in [0.25, 0.3) is 5.91 Å². The zero-order chi connectivity index (χ0) is 20.1. The van der Waals surface area contributed by atoms with Gasteiger partial charge in [0.2, 0.25) is 11.0 Å². The number of aromatic nitrogens is 2. The Hall–Kier alpha value is -2.18. The van der Waals surface area contributed by atoms with E-state index in [0.29, 0.717) is 15.9 Å². The fourth-order valence-corrected chi connectivity index (χ4v) is 4.68. The molecule has 9 nitrogen and oxygen atoms in total. The zero-order valence-corrected chi connectivity index (χ0v) is 17.8. The molecule has 4 amide bonds. The van der Waals surface area contributed by atoms with Crippen molar-refractivity contribution < 1.29 is 14.4 Å². The molecule has 0 aliphatic carbocycles. The molecule has 3 heterocycles. The van der Waals surface area contributed by atoms with Gasteiger partial charge < -0.3 is 10.6 Å². The molecule has 1 aliphatic heterocycles. The standard InChI is InChI=1S/C16H20N6O3S3/c1-3-16(2)12(24)22(14(25)18-16)21-11(23)9-27-15-20-19-13(28-15)17-7-6-10-5-4-8-26-10/h4-5,8H,3,6-7,9H2,1-2H3,(H,17,19)(H,18,25)(H,21,23). The van der Waals surface area contributed by atoms with Gasteiger partial charge in [-0.15, -0.1) is 21.5 Å². The second-order valence-corrected chi connectivity index (χ2v) is 9.44. The molecule has 0 bridgehead atoms. The third kappa shape index (κ3) is 4.80. The van der Waals surface area contributed by atoms with Gasteiger partial charge in [-0.1, -0.05) is 36.1 Å². The van der Waals surface area contributed by atoms with Crippen LogP contribution in [0.4, 0.5) is 9.93 Å². The lowest BCUT2D eigenvalue weighted by molar-refractivity contribution is -0.137. The Kier molecular flexibility index (Phi) is 6.52. The number of anilines is 1. The molecule has 0 spiro atoms. The number of thiophene rings is 1. The number of thioether (sulfide) groups is 1. The van der Waals surface area contributed by atoms with E-state index >= 15 is 0 Å². The Balaban J connectivity index is 1.43. The average molecular weight is 441 g/mol. The van der Waals surface area contributed by atoms with Crippen molar-refractivity contribution in [2.75, 3.05) is 17.6 Å². The third-order valence-electron chi connectivity index (χ3n) is 4.17. The lowest BCUT2D eigenvalue weighted by Gasteiger charge is -2.19. The van der Waals surface area contributed by atoms with E-state index in [9.17, 15) is 14.4 Å². The number of hydrazine groups is 1. The van der Waals surface area contributed by atoms with Crippen molar-refractivity contribution in [1.82, 2.24) is 25.9 Å². The number of urea groups is 1. The largest absolute Gasteiger partial charge is 0.360 e. The summed E-state index contributed by atoms with van der Waals surface area (Å²) >= 11 is 4.26. The number of hydrogen-bond donors (Lipinski definition) is 3. The van der Waals surface area contributed by atoms with E-state index in [0.717, 1.165) is 18.0 Å². The minimum Gasteiger partial charge on any atom is -0.360 e. The topological polar surface area (TPSA) is 116 Å². The smallest absolute Gasteiger partial charge is 0.344 e. The molecule has 3 N–H and O–H groups in total. The lowest BCUT2D eigenvalue weighted by Crippen LogP contribution is -2.49. The van der Waals surface area contributed by atoms with E-state index in [-0.39, 0.29) is 5.75 Å². The van der Waals surface area contributed by atoms with Crippen LogP contribution in [0, 0.1) is 0 Å². The van der Waals surface area contributed by atoms with Crippen molar-refractivity contribution in [3.8, 4) is 0 Å². The quantitative estimate of drug-likeness (QED) is 0.404. The highest BCUT2D eigenvalue weighted by atomic mass is 32.2. The van der Waals surface area contributed by atoms with E-state index < -0.39 is 23.4 Å². The van der Waals surface area contributed by atoms with Crippen molar-refractivity contribution in [2.24, 2.45) is 0 Å². The van der Waals surface area contributed by atoms with Crippen molar-refractivity contribution in [1.29, 1.82) is 0 Å². The summed E-state index contributed by atoms with van der Waals surface area (Å²) in [5.74, 6) is -0.910. The fourth-order valence-electron chi connectivity index (χ4n) is 2.40. The minimum absolute atomic E-state index is 0.0176. The van der Waals surface area contributed by atoms with Gasteiger partial charge in [0.15, 0.2) is 4.34 Å². The highest BCUT2D eigenvalue weighted by Gasteiger charge is 2.47. The van der Waals surface area contributed by atoms with Gasteiger partial charge in [-0.2, -0.15) is 5.01 Å². The van der Waals surface area contributed by atoms with Crippen LogP contribution >= 0.6 is 34.4 Å². The summed E-state index contributed by atoms with van der Waals surface area (Å²) in [5.41, 5.74) is 1.36. The summed E-state index contributed by atoms with van der Waals surface area (Å²) in [4.78, 5) is 37.6. The van der Waals surface area contributed by atoms with Gasteiger partial charge in [0.05, 0.1) is 5.75 Å². The zero-order valence-electron chi connectivity index (χ0n) is 15.4. The van der Waals surface area contributed by atoms with E-state index in [1.165, 1.54) is 28.0 Å². The SMILES string of the molecule is CCC1(C)NC(=O)N(NC(=O)CSc2nnc(NCCc3cccs3)s2)C1=O. The van der Waals surface area contributed by atoms with Crippen LogP contribution in [-0.4, -0.2) is 50.9 Å². The van der Waals surface area contributed by atoms with Crippen molar-refractivity contribution in [3.05, 3.63) is 22.4 Å². The van der Waals surface area contributed by atoms with Gasteiger partial charge in [-0.05, 0) is 31.2 Å². The predicted octanol–water partition coefficient (Wildman–Crippen LogP) is 2.10. The first-order valence-electron chi connectivity index (χ1n) is 8.60. The summed E-state index contributed by atoms with van der Waals surface area (Å²) in [6, 6.07) is 3.48. The second kappa shape index (κ2) is 8.88. The molecule has 0 aromatic carbocycles. The van der Waals surface area contributed by atoms with Gasteiger partial charge in [0.1, 0.15) is 5.54 Å². The van der Waals surface area contributed by atoms with Crippen LogP contribution in [0.1, 0.15) is 25.1 Å². The molecule has 1 aliphatic rings. The Bertz CT molecular complexity index is 856. The maximum absolute atomic E-state index is 12.3. The summed E-state index contributed by atoms with van der Waals surface area (Å²) in [7, 11) is 0. The third-order valence-corrected chi connectivity index (χ3v) is 7.12. The van der Waals surface area contributed by atoms with Gasteiger partial charge in [0, 0.05) is 11.4 Å². The maximum Gasteiger partial charge on any atom is 0.344 e. The first kappa shape index (κ1) is 20.6. The molecule has 1 atom stereocenters. The molecule has 3 rings (SSSR count). The molecule has 1 saturated heterocycles. The number of imide groups is 1. The van der Waals surface area contributed by atoms with Crippen LogP contribution in [0.2, 0.25) is 0 Å². The van der Waals surface area contributed by atoms with E-state index in [4.69, 9.17) is 0 Å². The molecule has 12 heteroatoms. The Labute approximate surface area is 174 Å². The van der Waals surface area contributed by atoms with E-state index in [1.807, 2.05) is 11.4 Å². The predicted molar refractivity (Wildman–Crippen MR) is 109 cm³/mol. The second-order valence-electron chi connectivity index (χ2n) is 6.21. The fraction of sp³-hybridized carbons (Fsp3) is 0.438. The highest BCUT2D eigenvalue weighted by Crippen LogP contribution is 2.25. The van der Waals surface area contributed by atoms with Gasteiger partial charge in [-0.3, -0.25) is 15.0 Å². The first-order valence-corrected chi connectivity index (χ1v) is 11.3. The molecule has 2 aromatic rings. The molecule has 150 valence electrons. The van der Waals surface area contributed by atoms with Gasteiger partial charge in [-0.25, -0.2) is 4.79 Å². The molecular weight excluding hydrogens is 420 g/mol. The summed E-state index contributed by atoms with van der Waals surface area (Å²) in [5, 5.41) is 17.3. The van der Waals surface area contributed by atoms with Crippen LogP contribution < -0.4 is 16.1 Å². The number of nitrogens with one attached hydrogen (secondary N) is 3. The summed E-state index contributed by atoms with van der Waals surface area (Å²) in [6.45, 7) is 4.17. The maximum atomic E-state index is 12.3. The average Bonchev–Trinajstić information content (AvgIpc) is 3.39. The molecule has 0 radical (unpaired) electrons. The Morgan fingerprint density at radius 1 is 1.39 bits per heavy atom. The summed E-state index contributed by atoms with van der Waals surface area (Å²) in [6.07, 6.45) is 1.34. The first-order chi connectivity index (χ1) is 13.4. The number of hydrogen-bond acceptors (Lipinski definition) is 9. The van der Waals surface area contributed by atoms with Crippen molar-refractivity contribution in [3.63, 3.8) is 0 Å². The van der Waals surface area contributed by atoms with E-state index in [2.05, 4.69) is 32.3 Å². The van der Waals surface area contributed by atoms with Crippen LogP contribution in [0.3, 0.4) is 0 Å². The highest BCUT2D eigenvalue weighted by molar-refractivity contribution is 8.01. The summed E-state index contributed by atoms with van der Waals surface area (Å²) < 4.78 is 0.629. The number of carbonyl (C=O) groups is 3. The number of carbonyl (C=O) groups excluding carboxylic acids is 3. The molecule has 0 saturated carbocycles. The molecule has 2 aromatic heterocycles. The number of amides is 4. The Morgan fingerprint density at radius 3 is 2.89 bits per heavy atom. The van der Waals surface area contributed by atoms with Gasteiger partial charge >= 0.3 is 6.03 Å². The van der Waals surface area contributed by atoms with Crippen molar-refractivity contribution in [2.45, 2.75) is 36.6 Å². The number of rotatable bonds is 9. The minimum atomic E-state index is -0.986. The molecule has 1 unspecified atom stereocenters. The van der Waals surface area contributed by atoms with Crippen molar-refractivity contribution >= 4 is 57.4 Å². The Morgan fingerprint density at radius 2 is 2.21 bits per heavy atom. The molecule has 28 heavy (non-hydrogen) atoms. The van der Waals surface area contributed by atoms with Crippen LogP contribution in [0.15, 0.2) is 21.9 Å². The van der Waals surface area contributed by atoms with Crippen LogP contribution in [0.25, 0.3) is 0 Å². The molecular formula is C16H20N6O3S3.